The summed E-state index contributed by atoms with van der Waals surface area (Å²) in [6, 6.07) is -5.57. The van der Waals surface area contributed by atoms with E-state index in [0.717, 1.165) is 6.92 Å². The van der Waals surface area contributed by atoms with Crippen molar-refractivity contribution in [2.24, 2.45) is 5.73 Å². The Morgan fingerprint density at radius 3 is 2.17 bits per heavy atom. The molecule has 0 saturated carbocycles. The molecule has 0 aliphatic carbocycles. The van der Waals surface area contributed by atoms with Gasteiger partial charge in [-0.2, -0.15) is 0 Å². The quantitative estimate of drug-likeness (QED) is 0.162. The van der Waals surface area contributed by atoms with Gasteiger partial charge in [0.05, 0.1) is 25.4 Å². The topological polar surface area (TPSA) is 237 Å². The molecule has 0 aliphatic rings. The lowest BCUT2D eigenvalue weighted by Crippen LogP contribution is -2.58. The Labute approximate surface area is 170 Å². The molecule has 14 heteroatoms. The maximum absolute atomic E-state index is 12.3. The summed E-state index contributed by atoms with van der Waals surface area (Å²) in [5.74, 6) is -5.69. The van der Waals surface area contributed by atoms with Gasteiger partial charge in [-0.3, -0.25) is 24.0 Å². The number of hydrogen-bond donors (Lipinski definition) is 8. The molecule has 4 unspecified atom stereocenters. The molecule has 1 aromatic rings. The van der Waals surface area contributed by atoms with Gasteiger partial charge in [-0.05, 0) is 6.92 Å². The van der Waals surface area contributed by atoms with Crippen molar-refractivity contribution in [3.63, 3.8) is 0 Å². The number of aliphatic carboxylic acids is 2. The smallest absolute Gasteiger partial charge is 0.325 e. The third-order valence-electron chi connectivity index (χ3n) is 3.89. The predicted octanol–water partition coefficient (Wildman–Crippen LogP) is -3.69. The number of hydrogen-bond acceptors (Lipinski definition) is 8. The highest BCUT2D eigenvalue weighted by atomic mass is 16.4. The lowest BCUT2D eigenvalue weighted by molar-refractivity contribution is -0.143. The summed E-state index contributed by atoms with van der Waals surface area (Å²) >= 11 is 0. The zero-order valence-electron chi connectivity index (χ0n) is 16.0. The number of carbonyl (C=O) groups excluding carboxylic acids is 3. The fourth-order valence-corrected chi connectivity index (χ4v) is 2.23. The van der Waals surface area contributed by atoms with E-state index in [1.54, 1.807) is 0 Å². The molecule has 4 atom stereocenters. The van der Waals surface area contributed by atoms with Crippen LogP contribution in [-0.2, 0) is 30.4 Å². The van der Waals surface area contributed by atoms with E-state index in [-0.39, 0.29) is 6.42 Å². The van der Waals surface area contributed by atoms with E-state index in [4.69, 9.17) is 15.9 Å². The summed E-state index contributed by atoms with van der Waals surface area (Å²) in [5, 5.41) is 33.5. The number of nitrogens with two attached hydrogens (primary N) is 1. The number of aromatic nitrogens is 2. The minimum atomic E-state index is -1.64. The van der Waals surface area contributed by atoms with Crippen LogP contribution in [0.25, 0.3) is 0 Å². The van der Waals surface area contributed by atoms with Gasteiger partial charge in [0.25, 0.3) is 0 Å². The van der Waals surface area contributed by atoms with Crippen molar-refractivity contribution >= 4 is 29.7 Å². The Hall–Kier alpha value is -3.52. The first kappa shape index (κ1) is 24.5. The van der Waals surface area contributed by atoms with Crippen molar-refractivity contribution in [2.45, 2.75) is 43.9 Å². The van der Waals surface area contributed by atoms with Gasteiger partial charge in [0.1, 0.15) is 18.1 Å². The Bertz CT molecular complexity index is 768. The number of rotatable bonds is 12. The van der Waals surface area contributed by atoms with Crippen LogP contribution in [0, 0.1) is 0 Å². The van der Waals surface area contributed by atoms with Gasteiger partial charge < -0.3 is 42.0 Å². The molecule has 1 aromatic heterocycles. The second-order valence-corrected chi connectivity index (χ2v) is 6.36. The Morgan fingerprint density at radius 1 is 1.07 bits per heavy atom. The molecule has 0 bridgehead atoms. The second kappa shape index (κ2) is 11.5. The molecule has 1 heterocycles. The highest BCUT2D eigenvalue weighted by molar-refractivity contribution is 5.95. The summed E-state index contributed by atoms with van der Waals surface area (Å²) in [6.07, 6.45) is 2.07. The van der Waals surface area contributed by atoms with Crippen LogP contribution in [0.4, 0.5) is 0 Å². The SMILES string of the molecule is CC(NC(=O)C(CC(=O)O)NC(=O)C(CO)NC(=O)C(N)Cc1cnc[nH]1)C(=O)O. The summed E-state index contributed by atoms with van der Waals surface area (Å²) < 4.78 is 0. The number of carboxylic acids is 2. The van der Waals surface area contributed by atoms with Crippen LogP contribution in [0.1, 0.15) is 19.0 Å². The minimum absolute atomic E-state index is 0.0721. The molecule has 3 amide bonds. The van der Waals surface area contributed by atoms with E-state index in [1.165, 1.54) is 12.5 Å². The van der Waals surface area contributed by atoms with Crippen molar-refractivity contribution in [2.75, 3.05) is 6.61 Å². The summed E-state index contributed by atoms with van der Waals surface area (Å²) in [7, 11) is 0. The molecule has 166 valence electrons. The van der Waals surface area contributed by atoms with Crippen molar-refractivity contribution < 1.29 is 39.3 Å². The normalized spacial score (nSPS) is 14.6. The third kappa shape index (κ3) is 7.84. The molecule has 30 heavy (non-hydrogen) atoms. The van der Waals surface area contributed by atoms with Crippen molar-refractivity contribution in [3.8, 4) is 0 Å². The van der Waals surface area contributed by atoms with Crippen LogP contribution in [0.3, 0.4) is 0 Å². The minimum Gasteiger partial charge on any atom is -0.481 e. The van der Waals surface area contributed by atoms with Gasteiger partial charge in [-0.25, -0.2) is 4.98 Å². The Kier molecular flexibility index (Phi) is 9.38. The number of aliphatic hydroxyl groups excluding tert-OH is 1. The highest BCUT2D eigenvalue weighted by Crippen LogP contribution is 1.99. The first-order valence-electron chi connectivity index (χ1n) is 8.74. The Balaban J connectivity index is 2.76. The molecule has 1 rings (SSSR count). The van der Waals surface area contributed by atoms with Gasteiger partial charge >= 0.3 is 11.9 Å². The molecular formula is C16H24N6O8. The zero-order chi connectivity index (χ0) is 22.8. The fraction of sp³-hybridized carbons (Fsp3) is 0.500. The third-order valence-corrected chi connectivity index (χ3v) is 3.89. The van der Waals surface area contributed by atoms with E-state index in [2.05, 4.69) is 20.6 Å². The molecule has 0 saturated heterocycles. The van der Waals surface area contributed by atoms with Gasteiger partial charge in [0.15, 0.2) is 0 Å². The van der Waals surface area contributed by atoms with Crippen molar-refractivity contribution in [1.29, 1.82) is 0 Å². The largest absolute Gasteiger partial charge is 0.481 e. The number of carbonyl (C=O) groups is 5. The van der Waals surface area contributed by atoms with Crippen LogP contribution in [-0.4, -0.2) is 85.7 Å². The lowest BCUT2D eigenvalue weighted by atomic mass is 10.1. The summed E-state index contributed by atoms with van der Waals surface area (Å²) in [4.78, 5) is 65.0. The number of aromatic amines is 1. The predicted molar refractivity (Wildman–Crippen MR) is 98.7 cm³/mol. The van der Waals surface area contributed by atoms with Gasteiger partial charge in [-0.15, -0.1) is 0 Å². The average molecular weight is 428 g/mol. The van der Waals surface area contributed by atoms with Crippen molar-refractivity contribution in [1.82, 2.24) is 25.9 Å². The maximum atomic E-state index is 12.3. The standard InChI is InChI=1S/C16H24N6O8/c1-7(16(29)30)20-14(27)10(3-12(24)25)21-15(28)11(5-23)22-13(26)9(17)2-8-4-18-6-19-8/h4,6-7,9-11,23H,2-3,5,17H2,1H3,(H,18,19)(H,20,27)(H,21,28)(H,22,26)(H,24,25)(H,29,30). The molecular weight excluding hydrogens is 404 g/mol. The second-order valence-electron chi connectivity index (χ2n) is 6.36. The first-order valence-corrected chi connectivity index (χ1v) is 8.74. The zero-order valence-corrected chi connectivity index (χ0v) is 16.0. The van der Waals surface area contributed by atoms with E-state index >= 15 is 0 Å². The van der Waals surface area contributed by atoms with Crippen LogP contribution in [0.5, 0.6) is 0 Å². The number of H-pyrrole nitrogens is 1. The molecule has 0 fully saturated rings. The van der Waals surface area contributed by atoms with E-state index in [9.17, 15) is 29.1 Å². The monoisotopic (exact) mass is 428 g/mol. The van der Waals surface area contributed by atoms with E-state index in [1.807, 2.05) is 5.32 Å². The number of nitrogens with one attached hydrogen (secondary N) is 4. The molecule has 14 nitrogen and oxygen atoms in total. The Morgan fingerprint density at radius 2 is 1.67 bits per heavy atom. The molecule has 0 aromatic carbocycles. The number of amides is 3. The fourth-order valence-electron chi connectivity index (χ4n) is 2.23. The van der Waals surface area contributed by atoms with Gasteiger partial charge in [-0.1, -0.05) is 0 Å². The molecule has 9 N–H and O–H groups in total. The van der Waals surface area contributed by atoms with Crippen LogP contribution < -0.4 is 21.7 Å². The van der Waals surface area contributed by atoms with E-state index < -0.39 is 66.9 Å². The lowest BCUT2D eigenvalue weighted by Gasteiger charge is -2.23. The van der Waals surface area contributed by atoms with E-state index in [0.29, 0.717) is 5.69 Å². The van der Waals surface area contributed by atoms with Crippen LogP contribution in [0.2, 0.25) is 0 Å². The van der Waals surface area contributed by atoms with Crippen LogP contribution in [0.15, 0.2) is 12.5 Å². The number of aliphatic hydroxyl groups is 1. The number of nitrogens with zero attached hydrogens (tertiary/aromatic N) is 1. The highest BCUT2D eigenvalue weighted by Gasteiger charge is 2.30. The molecule has 0 spiro atoms. The average Bonchev–Trinajstić information content (AvgIpc) is 3.17. The number of carboxylic acid groups (broad SMARTS) is 2. The molecule has 0 radical (unpaired) electrons. The van der Waals surface area contributed by atoms with Crippen molar-refractivity contribution in [3.05, 3.63) is 18.2 Å². The summed E-state index contributed by atoms with van der Waals surface area (Å²) in [5.41, 5.74) is 6.30. The molecule has 0 aliphatic heterocycles. The number of imidazole rings is 1. The maximum Gasteiger partial charge on any atom is 0.325 e. The van der Waals surface area contributed by atoms with Gasteiger partial charge in [0, 0.05) is 18.3 Å². The summed E-state index contributed by atoms with van der Waals surface area (Å²) in [6.45, 7) is 0.291. The first-order chi connectivity index (χ1) is 14.0. The van der Waals surface area contributed by atoms with Gasteiger partial charge in [0.2, 0.25) is 17.7 Å². The van der Waals surface area contributed by atoms with Crippen LogP contribution >= 0.6 is 0 Å².